The summed E-state index contributed by atoms with van der Waals surface area (Å²) >= 11 is 0. The lowest BCUT2D eigenvalue weighted by molar-refractivity contribution is -0.145. The van der Waals surface area contributed by atoms with Crippen molar-refractivity contribution in [2.75, 3.05) is 13.7 Å². The summed E-state index contributed by atoms with van der Waals surface area (Å²) in [6.07, 6.45) is 1.18. The topological polar surface area (TPSA) is 81.7 Å². The van der Waals surface area contributed by atoms with E-state index in [1.54, 1.807) is 6.07 Å². The summed E-state index contributed by atoms with van der Waals surface area (Å²) in [5.74, 6) is -0.410. The number of hydrogen-bond donors (Lipinski definition) is 1. The van der Waals surface area contributed by atoms with E-state index in [-0.39, 0.29) is 12.5 Å². The molecule has 26 heavy (non-hydrogen) atoms. The Balaban J connectivity index is 2.08. The van der Waals surface area contributed by atoms with Gasteiger partial charge < -0.3 is 14.8 Å². The fraction of sp³-hybridized carbons (Fsp3) is 0.350. The monoisotopic (exact) mass is 357 g/mol. The highest BCUT2D eigenvalue weighted by Crippen LogP contribution is 2.26. The first kappa shape index (κ1) is 19.4. The molecule has 6 heteroatoms. The molecule has 0 bridgehead atoms. The van der Waals surface area contributed by atoms with Gasteiger partial charge in [-0.3, -0.25) is 9.59 Å². The van der Waals surface area contributed by atoms with E-state index in [0.29, 0.717) is 24.0 Å². The number of rotatable bonds is 8. The van der Waals surface area contributed by atoms with E-state index in [1.807, 2.05) is 44.2 Å². The van der Waals surface area contributed by atoms with E-state index >= 15 is 0 Å². The van der Waals surface area contributed by atoms with Crippen molar-refractivity contribution in [3.05, 3.63) is 42.0 Å². The molecule has 1 N–H and O–H groups in total. The van der Waals surface area contributed by atoms with Gasteiger partial charge in [-0.2, -0.15) is 0 Å². The summed E-state index contributed by atoms with van der Waals surface area (Å²) < 4.78 is 10.2. The third kappa shape index (κ3) is 4.81. The lowest BCUT2D eigenvalue weighted by Crippen LogP contribution is -2.44. The Morgan fingerprint density at radius 1 is 1.15 bits per heavy atom. The minimum Gasteiger partial charge on any atom is -0.483 e. The van der Waals surface area contributed by atoms with E-state index in [9.17, 15) is 14.4 Å². The molecule has 1 amide bonds. The molecule has 2 aromatic rings. The maximum atomic E-state index is 12.2. The number of amides is 1. The van der Waals surface area contributed by atoms with Gasteiger partial charge in [0.25, 0.3) is 5.91 Å². The number of nitrogens with one attached hydrogen (secondary N) is 1. The van der Waals surface area contributed by atoms with Gasteiger partial charge in [-0.15, -0.1) is 0 Å². The Bertz CT molecular complexity index is 800. The Hall–Kier alpha value is -2.89. The highest BCUT2D eigenvalue weighted by Gasteiger charge is 2.23. The predicted octanol–water partition coefficient (Wildman–Crippen LogP) is 2.74. The largest absolute Gasteiger partial charge is 0.483 e. The van der Waals surface area contributed by atoms with Crippen LogP contribution in [0.15, 0.2) is 36.4 Å². The molecule has 0 aromatic heterocycles. The SMILES string of the molecule is COC(=O)[C@H](CC(C)C)NC(=O)COc1ccc2ccccc2c1C=O. The number of methoxy groups -OCH3 is 1. The first-order valence-electron chi connectivity index (χ1n) is 8.43. The van der Waals surface area contributed by atoms with Gasteiger partial charge in [0.1, 0.15) is 11.8 Å². The first-order chi connectivity index (χ1) is 12.5. The molecule has 0 aliphatic carbocycles. The molecule has 1 atom stereocenters. The fourth-order valence-electron chi connectivity index (χ4n) is 2.73. The zero-order valence-corrected chi connectivity index (χ0v) is 15.2. The van der Waals surface area contributed by atoms with Crippen molar-refractivity contribution in [3.63, 3.8) is 0 Å². The van der Waals surface area contributed by atoms with Gasteiger partial charge in [0.05, 0.1) is 12.7 Å². The number of benzene rings is 2. The number of fused-ring (bicyclic) bond motifs is 1. The lowest BCUT2D eigenvalue weighted by Gasteiger charge is -2.18. The van der Waals surface area contributed by atoms with Crippen LogP contribution in [0.2, 0.25) is 0 Å². The summed E-state index contributed by atoms with van der Waals surface area (Å²) in [5.41, 5.74) is 0.391. The van der Waals surface area contributed by atoms with E-state index in [2.05, 4.69) is 5.32 Å². The predicted molar refractivity (Wildman–Crippen MR) is 98.2 cm³/mol. The maximum Gasteiger partial charge on any atom is 0.328 e. The summed E-state index contributed by atoms with van der Waals surface area (Å²) in [6.45, 7) is 3.60. The number of carbonyl (C=O) groups excluding carboxylic acids is 3. The molecule has 0 saturated carbocycles. The zero-order chi connectivity index (χ0) is 19.1. The van der Waals surface area contributed by atoms with Crippen molar-refractivity contribution in [2.24, 2.45) is 5.92 Å². The number of carbonyl (C=O) groups is 3. The molecule has 0 aliphatic rings. The number of esters is 1. The van der Waals surface area contributed by atoms with Crippen molar-refractivity contribution in [1.82, 2.24) is 5.32 Å². The molecular weight excluding hydrogens is 334 g/mol. The molecule has 2 rings (SSSR count). The highest BCUT2D eigenvalue weighted by molar-refractivity contribution is 6.00. The second kappa shape index (κ2) is 8.99. The Morgan fingerprint density at radius 3 is 2.54 bits per heavy atom. The van der Waals surface area contributed by atoms with Crippen LogP contribution in [0.3, 0.4) is 0 Å². The van der Waals surface area contributed by atoms with Crippen LogP contribution in [0.5, 0.6) is 5.75 Å². The van der Waals surface area contributed by atoms with Gasteiger partial charge in [-0.25, -0.2) is 4.79 Å². The minimum atomic E-state index is -0.724. The van der Waals surface area contributed by atoms with Crippen molar-refractivity contribution < 1.29 is 23.9 Å². The lowest BCUT2D eigenvalue weighted by atomic mass is 10.0. The average Bonchev–Trinajstić information content (AvgIpc) is 2.64. The first-order valence-corrected chi connectivity index (χ1v) is 8.43. The van der Waals surface area contributed by atoms with Crippen LogP contribution >= 0.6 is 0 Å². The van der Waals surface area contributed by atoms with Crippen LogP contribution < -0.4 is 10.1 Å². The molecule has 0 saturated heterocycles. The minimum absolute atomic E-state index is 0.211. The maximum absolute atomic E-state index is 12.2. The quantitative estimate of drug-likeness (QED) is 0.580. The fourth-order valence-corrected chi connectivity index (χ4v) is 2.73. The molecule has 0 spiro atoms. The Labute approximate surface area is 152 Å². The summed E-state index contributed by atoms with van der Waals surface area (Å²) in [7, 11) is 1.28. The number of ether oxygens (including phenoxy) is 2. The Morgan fingerprint density at radius 2 is 1.88 bits per heavy atom. The van der Waals surface area contributed by atoms with Crippen LogP contribution in [0.1, 0.15) is 30.6 Å². The molecule has 6 nitrogen and oxygen atoms in total. The second-order valence-electron chi connectivity index (χ2n) is 6.38. The smallest absolute Gasteiger partial charge is 0.328 e. The number of aldehydes is 1. The molecule has 2 aromatic carbocycles. The average molecular weight is 357 g/mol. The molecule has 0 fully saturated rings. The van der Waals surface area contributed by atoms with Gasteiger partial charge in [0.15, 0.2) is 12.9 Å². The standard InChI is InChI=1S/C20H23NO5/c1-13(2)10-17(20(24)25-3)21-19(23)12-26-18-9-8-14-6-4-5-7-15(14)16(18)11-22/h4-9,11,13,17H,10,12H2,1-3H3,(H,21,23)/t17-/m0/s1. The third-order valence-electron chi connectivity index (χ3n) is 3.94. The van der Waals surface area contributed by atoms with Gasteiger partial charge in [0.2, 0.25) is 0 Å². The highest BCUT2D eigenvalue weighted by atomic mass is 16.5. The third-order valence-corrected chi connectivity index (χ3v) is 3.94. The van der Waals surface area contributed by atoms with Crippen LogP contribution in [-0.4, -0.2) is 37.9 Å². The van der Waals surface area contributed by atoms with Crippen LogP contribution in [0.25, 0.3) is 10.8 Å². The van der Waals surface area contributed by atoms with Gasteiger partial charge >= 0.3 is 5.97 Å². The Kier molecular flexibility index (Phi) is 6.72. The summed E-state index contributed by atoms with van der Waals surface area (Å²) in [4.78, 5) is 35.4. The zero-order valence-electron chi connectivity index (χ0n) is 15.2. The summed E-state index contributed by atoms with van der Waals surface area (Å²) in [5, 5.41) is 4.29. The van der Waals surface area contributed by atoms with Crippen LogP contribution in [0, 0.1) is 5.92 Å². The van der Waals surface area contributed by atoms with Gasteiger partial charge in [0, 0.05) is 0 Å². The van der Waals surface area contributed by atoms with Crippen molar-refractivity contribution >= 4 is 28.9 Å². The van der Waals surface area contributed by atoms with E-state index < -0.39 is 17.9 Å². The summed E-state index contributed by atoms with van der Waals surface area (Å²) in [6, 6.07) is 10.2. The van der Waals surface area contributed by atoms with Crippen molar-refractivity contribution in [2.45, 2.75) is 26.3 Å². The molecule has 0 heterocycles. The second-order valence-corrected chi connectivity index (χ2v) is 6.38. The van der Waals surface area contributed by atoms with Crippen LogP contribution in [0.4, 0.5) is 0 Å². The van der Waals surface area contributed by atoms with Crippen LogP contribution in [-0.2, 0) is 14.3 Å². The van der Waals surface area contributed by atoms with Crippen molar-refractivity contribution in [1.29, 1.82) is 0 Å². The van der Waals surface area contributed by atoms with E-state index in [0.717, 1.165) is 10.8 Å². The van der Waals surface area contributed by atoms with E-state index in [1.165, 1.54) is 7.11 Å². The molecular formula is C20H23NO5. The van der Waals surface area contributed by atoms with Crippen molar-refractivity contribution in [3.8, 4) is 5.75 Å². The van der Waals surface area contributed by atoms with Gasteiger partial charge in [-0.05, 0) is 29.2 Å². The molecule has 0 aliphatic heterocycles. The van der Waals surface area contributed by atoms with Gasteiger partial charge in [-0.1, -0.05) is 44.2 Å². The normalized spacial score (nSPS) is 11.8. The molecule has 138 valence electrons. The van der Waals surface area contributed by atoms with E-state index in [4.69, 9.17) is 9.47 Å². The number of hydrogen-bond acceptors (Lipinski definition) is 5. The molecule has 0 radical (unpaired) electrons. The molecule has 0 unspecified atom stereocenters.